The monoisotopic (exact) mass is 694 g/mol. The summed E-state index contributed by atoms with van der Waals surface area (Å²) in [5, 5.41) is 8.22. The van der Waals surface area contributed by atoms with E-state index in [1.54, 1.807) is 39.9 Å². The van der Waals surface area contributed by atoms with Crippen LogP contribution >= 0.6 is 21.1 Å². The van der Waals surface area contributed by atoms with E-state index in [4.69, 9.17) is 9.84 Å². The predicted molar refractivity (Wildman–Crippen MR) is 193 cm³/mol. The summed E-state index contributed by atoms with van der Waals surface area (Å²) in [6.45, 7) is 3.03. The largest absolute Gasteiger partial charge is 0.465 e. The Bertz CT molecular complexity index is 2070. The van der Waals surface area contributed by atoms with Gasteiger partial charge in [0.1, 0.15) is 11.4 Å². The van der Waals surface area contributed by atoms with Crippen LogP contribution < -0.4 is 14.8 Å². The molecule has 3 N–H and O–H groups in total. The smallest absolute Gasteiger partial charge is 0.342 e. The fourth-order valence-corrected chi connectivity index (χ4v) is 12.6. The van der Waals surface area contributed by atoms with Crippen LogP contribution in [0.5, 0.6) is 0 Å². The zero-order valence-corrected chi connectivity index (χ0v) is 29.1. The average molecular weight is 695 g/mol. The molecule has 1 unspecified atom stereocenters. The molecule has 1 aliphatic heterocycles. The van der Waals surface area contributed by atoms with E-state index in [0.717, 1.165) is 51.7 Å². The maximum atomic E-state index is 13.5. The summed E-state index contributed by atoms with van der Waals surface area (Å²) >= 11 is 0. The van der Waals surface area contributed by atoms with Crippen molar-refractivity contribution in [2.24, 2.45) is 23.2 Å². The van der Waals surface area contributed by atoms with E-state index < -0.39 is 16.3 Å². The number of hydrogen-bond donors (Lipinski definition) is 4. The van der Waals surface area contributed by atoms with Crippen LogP contribution in [0.25, 0.3) is 16.8 Å². The molecule has 1 aromatic carbocycles. The Morgan fingerprint density at radius 3 is 2.57 bits per heavy atom. The van der Waals surface area contributed by atoms with Gasteiger partial charge in [0.2, 0.25) is 0 Å². The number of nitrogens with one attached hydrogen (secondary N) is 3. The Labute approximate surface area is 290 Å². The highest BCUT2D eigenvalue weighted by molar-refractivity contribution is 8.85. The molecule has 0 saturated heterocycles. The minimum Gasteiger partial charge on any atom is -0.465 e. The van der Waals surface area contributed by atoms with Gasteiger partial charge in [0.05, 0.1) is 42.6 Å². The number of aromatic nitrogens is 5. The summed E-state index contributed by atoms with van der Waals surface area (Å²) < 4.78 is 15.8. The van der Waals surface area contributed by atoms with Crippen molar-refractivity contribution in [3.05, 3.63) is 84.2 Å². The molecule has 49 heavy (non-hydrogen) atoms. The first-order valence-electron chi connectivity index (χ1n) is 16.8. The van der Waals surface area contributed by atoms with E-state index in [2.05, 4.69) is 36.3 Å². The number of fused-ring (bicyclic) bond motifs is 2. The van der Waals surface area contributed by atoms with Crippen LogP contribution in [0.15, 0.2) is 72.3 Å². The third-order valence-electron chi connectivity index (χ3n) is 10.9. The third-order valence-corrected chi connectivity index (χ3v) is 14.2. The standard InChI is InChI=1S/C36H38N8O3S2/c1-21-27(17-39-44(21)20-36-14-22-11-23(15-36)13-24(12-22)16-36)25-8-10-43-31(19-38-33(43)32(25)35(46)47-2)40-29-18-37-9-7-26(29)34(45)42-49-41-28-5-3-4-6-30(28)48-49/h3-10,17-19,22-24,40-41,49H,11-16,20H2,1-2H3,(H,42,45). The van der Waals surface area contributed by atoms with Crippen LogP contribution in [-0.2, 0) is 11.3 Å². The van der Waals surface area contributed by atoms with Crippen LogP contribution in [-0.4, -0.2) is 43.1 Å². The van der Waals surface area contributed by atoms with Crippen molar-refractivity contribution in [1.29, 1.82) is 0 Å². The van der Waals surface area contributed by atoms with Gasteiger partial charge in [-0.3, -0.25) is 23.6 Å². The molecule has 4 aromatic heterocycles. The summed E-state index contributed by atoms with van der Waals surface area (Å²) in [6, 6.07) is 11.6. The molecule has 0 spiro atoms. The van der Waals surface area contributed by atoms with Crippen molar-refractivity contribution in [2.45, 2.75) is 56.9 Å². The highest BCUT2D eigenvalue weighted by Crippen LogP contribution is 2.60. The maximum absolute atomic E-state index is 13.5. The second-order valence-corrected chi connectivity index (χ2v) is 17.4. The lowest BCUT2D eigenvalue weighted by Crippen LogP contribution is -2.48. The van der Waals surface area contributed by atoms with E-state index in [1.165, 1.54) is 45.6 Å². The van der Waals surface area contributed by atoms with Gasteiger partial charge in [0.15, 0.2) is 5.65 Å². The number of ether oxygens (including phenoxy) is 1. The highest BCUT2D eigenvalue weighted by Gasteiger charge is 2.51. The third kappa shape index (κ3) is 5.34. The number of carbonyl (C=O) groups excluding carboxylic acids is 2. The summed E-state index contributed by atoms with van der Waals surface area (Å²) in [6.07, 6.45) is 16.8. The molecule has 5 aromatic rings. The van der Waals surface area contributed by atoms with Crippen LogP contribution in [0.3, 0.4) is 0 Å². The van der Waals surface area contributed by atoms with Gasteiger partial charge in [-0.05, 0) is 114 Å². The van der Waals surface area contributed by atoms with Gasteiger partial charge in [0.25, 0.3) is 5.91 Å². The average Bonchev–Trinajstić information content (AvgIpc) is 3.80. The number of anilines is 3. The number of imidazole rings is 1. The fraction of sp³-hybridized carbons (Fsp3) is 0.361. The summed E-state index contributed by atoms with van der Waals surface area (Å²) in [4.78, 5) is 36.9. The van der Waals surface area contributed by atoms with E-state index in [1.807, 2.05) is 42.7 Å². The highest BCUT2D eigenvalue weighted by atomic mass is 33.1. The van der Waals surface area contributed by atoms with Crippen molar-refractivity contribution >= 4 is 55.8 Å². The Morgan fingerprint density at radius 2 is 1.82 bits per heavy atom. The summed E-state index contributed by atoms with van der Waals surface area (Å²) in [7, 11) is 1.97. The van der Waals surface area contributed by atoms with E-state index in [9.17, 15) is 9.59 Å². The molecule has 5 heterocycles. The number of thiol groups is 1. The molecule has 4 fully saturated rings. The number of carbonyl (C=O) groups is 2. The molecule has 4 saturated carbocycles. The predicted octanol–water partition coefficient (Wildman–Crippen LogP) is 7.34. The molecule has 0 radical (unpaired) electrons. The Morgan fingerprint density at radius 1 is 1.04 bits per heavy atom. The number of para-hydroxylation sites is 1. The number of pyridine rings is 2. The lowest BCUT2D eigenvalue weighted by molar-refractivity contribution is -0.0638. The number of benzene rings is 1. The Hall–Kier alpha value is -4.49. The topological polar surface area (TPSA) is 127 Å². The first-order valence-corrected chi connectivity index (χ1v) is 19.6. The minimum atomic E-state index is -1.03. The van der Waals surface area contributed by atoms with E-state index >= 15 is 0 Å². The van der Waals surface area contributed by atoms with Crippen molar-refractivity contribution in [2.75, 3.05) is 17.1 Å². The number of esters is 1. The van der Waals surface area contributed by atoms with Crippen molar-refractivity contribution in [1.82, 2.24) is 28.9 Å². The maximum Gasteiger partial charge on any atom is 0.342 e. The van der Waals surface area contributed by atoms with Crippen LogP contribution in [0, 0.1) is 30.1 Å². The Kier molecular flexibility index (Phi) is 7.38. The first-order chi connectivity index (χ1) is 23.9. The molecule has 1 atom stereocenters. The van der Waals surface area contributed by atoms with Crippen molar-refractivity contribution in [3.8, 4) is 11.1 Å². The van der Waals surface area contributed by atoms with Gasteiger partial charge in [-0.15, -0.1) is 0 Å². The van der Waals surface area contributed by atoms with Gasteiger partial charge >= 0.3 is 5.97 Å². The van der Waals surface area contributed by atoms with Crippen LogP contribution in [0.4, 0.5) is 17.2 Å². The van der Waals surface area contributed by atoms with Gasteiger partial charge in [-0.25, -0.2) is 9.78 Å². The molecule has 4 bridgehead atoms. The Balaban J connectivity index is 0.997. The summed E-state index contributed by atoms with van der Waals surface area (Å²) in [5.74, 6) is 2.50. The molecule has 4 aliphatic carbocycles. The lowest BCUT2D eigenvalue weighted by atomic mass is 9.49. The van der Waals surface area contributed by atoms with Crippen LogP contribution in [0.1, 0.15) is 64.9 Å². The number of rotatable bonds is 8. The molecular weight excluding hydrogens is 657 g/mol. The lowest BCUT2D eigenvalue weighted by Gasteiger charge is -2.56. The number of nitrogens with zero attached hydrogens (tertiary/aromatic N) is 5. The molecule has 252 valence electrons. The zero-order chi connectivity index (χ0) is 33.3. The van der Waals surface area contributed by atoms with E-state index in [-0.39, 0.29) is 5.91 Å². The second kappa shape index (κ2) is 11.8. The molecule has 13 heteroatoms. The molecule has 5 aliphatic rings. The number of amides is 1. The van der Waals surface area contributed by atoms with Crippen molar-refractivity contribution < 1.29 is 14.3 Å². The van der Waals surface area contributed by atoms with Crippen molar-refractivity contribution in [3.63, 3.8) is 0 Å². The number of methoxy groups -OCH3 is 1. The first kappa shape index (κ1) is 30.6. The summed E-state index contributed by atoms with van der Waals surface area (Å²) in [5.41, 5.74) is 5.80. The normalized spacial score (nSPS) is 25.6. The van der Waals surface area contributed by atoms with Gasteiger partial charge in [0, 0.05) is 40.7 Å². The second-order valence-electron chi connectivity index (χ2n) is 14.1. The molecular formula is C36H38N8O3S2. The van der Waals surface area contributed by atoms with Gasteiger partial charge < -0.3 is 14.8 Å². The van der Waals surface area contributed by atoms with Crippen LogP contribution in [0.2, 0.25) is 0 Å². The quantitative estimate of drug-likeness (QED) is 0.0750. The zero-order valence-electron chi connectivity index (χ0n) is 27.3. The molecule has 10 rings (SSSR count). The van der Waals surface area contributed by atoms with Gasteiger partial charge in [-0.1, -0.05) is 12.1 Å². The SMILES string of the molecule is COC(=O)c1c(-c2cnn(CC34CC5CC(CC(C5)C3)C4)c2C)ccn2c(Nc3cnccc3C(=O)N[SH]3Nc4ccccc4S3)cnc12. The fourth-order valence-electron chi connectivity index (χ4n) is 9.24. The number of hydrogen-bond acceptors (Lipinski definition) is 9. The minimum absolute atomic E-state index is 0.226. The molecule has 1 amide bonds. The molecule has 11 nitrogen and oxygen atoms in total. The van der Waals surface area contributed by atoms with Gasteiger partial charge in [-0.2, -0.15) is 5.10 Å². The van der Waals surface area contributed by atoms with E-state index in [0.29, 0.717) is 33.7 Å².